The van der Waals surface area contributed by atoms with E-state index in [-0.39, 0.29) is 11.7 Å². The molecule has 1 unspecified atom stereocenters. The number of aromatic nitrogens is 1. The highest BCUT2D eigenvalue weighted by molar-refractivity contribution is 6.35. The van der Waals surface area contributed by atoms with Crippen LogP contribution in [0.1, 0.15) is 30.5 Å². The van der Waals surface area contributed by atoms with E-state index in [9.17, 15) is 9.90 Å². The Morgan fingerprint density at radius 1 is 1.27 bits per heavy atom. The molecule has 0 spiro atoms. The second-order valence-electron chi connectivity index (χ2n) is 7.24. The quantitative estimate of drug-likeness (QED) is 0.645. The van der Waals surface area contributed by atoms with Crippen LogP contribution in [0, 0.1) is 0 Å². The van der Waals surface area contributed by atoms with Gasteiger partial charge >= 0.3 is 0 Å². The van der Waals surface area contributed by atoms with Crippen molar-refractivity contribution in [2.75, 3.05) is 31.2 Å². The summed E-state index contributed by atoms with van der Waals surface area (Å²) in [6.07, 6.45) is 1.95. The van der Waals surface area contributed by atoms with Gasteiger partial charge in [-0.1, -0.05) is 30.7 Å². The van der Waals surface area contributed by atoms with E-state index in [0.29, 0.717) is 41.1 Å². The first-order valence-electron chi connectivity index (χ1n) is 10.1. The molecule has 1 atom stereocenters. The summed E-state index contributed by atoms with van der Waals surface area (Å²) in [5.41, 5.74) is 2.90. The Labute approximate surface area is 180 Å². The summed E-state index contributed by atoms with van der Waals surface area (Å²) < 4.78 is 5.42. The molecule has 0 bridgehead atoms. The van der Waals surface area contributed by atoms with Gasteiger partial charge in [-0.3, -0.25) is 9.78 Å². The molecular weight excluding hydrogens is 402 g/mol. The van der Waals surface area contributed by atoms with Crippen molar-refractivity contribution in [3.63, 3.8) is 0 Å². The van der Waals surface area contributed by atoms with Crippen LogP contribution in [0.2, 0.25) is 5.02 Å². The first-order valence-corrected chi connectivity index (χ1v) is 10.4. The Bertz CT molecular complexity index is 1050. The molecule has 1 amide bonds. The van der Waals surface area contributed by atoms with E-state index in [2.05, 4.69) is 15.2 Å². The molecule has 1 aliphatic rings. The number of rotatable bonds is 5. The van der Waals surface area contributed by atoms with Crippen LogP contribution in [0.5, 0.6) is 5.75 Å². The van der Waals surface area contributed by atoms with Gasteiger partial charge in [0.15, 0.2) is 0 Å². The molecule has 2 aromatic carbocycles. The summed E-state index contributed by atoms with van der Waals surface area (Å²) in [6, 6.07) is 12.8. The van der Waals surface area contributed by atoms with Gasteiger partial charge in [0.25, 0.3) is 0 Å². The van der Waals surface area contributed by atoms with E-state index in [1.807, 2.05) is 30.3 Å². The zero-order chi connectivity index (χ0) is 21.1. The molecule has 156 valence electrons. The Morgan fingerprint density at radius 3 is 2.70 bits per heavy atom. The number of pyridine rings is 1. The highest BCUT2D eigenvalue weighted by atomic mass is 35.5. The average molecular weight is 426 g/mol. The lowest BCUT2D eigenvalue weighted by Crippen LogP contribution is -2.36. The summed E-state index contributed by atoms with van der Waals surface area (Å²) in [4.78, 5) is 18.8. The number of fused-ring (bicyclic) bond motifs is 1. The van der Waals surface area contributed by atoms with Crippen molar-refractivity contribution in [1.82, 2.24) is 10.3 Å². The van der Waals surface area contributed by atoms with E-state index < -0.39 is 6.04 Å². The Kier molecular flexibility index (Phi) is 6.06. The van der Waals surface area contributed by atoms with Crippen LogP contribution >= 0.6 is 11.6 Å². The Morgan fingerprint density at radius 2 is 2.00 bits per heavy atom. The van der Waals surface area contributed by atoms with Crippen LogP contribution < -0.4 is 10.2 Å². The smallest absolute Gasteiger partial charge is 0.220 e. The maximum Gasteiger partial charge on any atom is 0.220 e. The monoisotopic (exact) mass is 425 g/mol. The third kappa shape index (κ3) is 4.06. The van der Waals surface area contributed by atoms with Crippen LogP contribution in [0.3, 0.4) is 0 Å². The van der Waals surface area contributed by atoms with Gasteiger partial charge in [-0.25, -0.2) is 0 Å². The lowest BCUT2D eigenvalue weighted by Gasteiger charge is -2.29. The molecule has 2 N–H and O–H groups in total. The standard InChI is InChI=1S/C23H24ClN3O3/c1-2-20(28)26-21(15-5-7-16(8-6-15)27-10-12-30-13-11-27)18-14-19(24)17-4-3-9-25-22(17)23(18)29/h3-9,14,21,29H,2,10-13H2,1H3,(H,26,28). The van der Waals surface area contributed by atoms with Crippen molar-refractivity contribution in [3.05, 3.63) is 64.8 Å². The van der Waals surface area contributed by atoms with Gasteiger partial charge < -0.3 is 20.1 Å². The number of hydrogen-bond acceptors (Lipinski definition) is 5. The Balaban J connectivity index is 1.75. The molecule has 1 aromatic heterocycles. The van der Waals surface area contributed by atoms with Crippen molar-refractivity contribution in [2.45, 2.75) is 19.4 Å². The van der Waals surface area contributed by atoms with E-state index >= 15 is 0 Å². The molecule has 0 radical (unpaired) electrons. The average Bonchev–Trinajstić information content (AvgIpc) is 2.80. The van der Waals surface area contributed by atoms with Gasteiger partial charge in [0.1, 0.15) is 11.3 Å². The number of nitrogens with one attached hydrogen (secondary N) is 1. The zero-order valence-corrected chi connectivity index (χ0v) is 17.5. The zero-order valence-electron chi connectivity index (χ0n) is 16.8. The molecule has 3 aromatic rings. The third-order valence-corrected chi connectivity index (χ3v) is 5.70. The summed E-state index contributed by atoms with van der Waals surface area (Å²) in [5, 5.41) is 15.1. The molecule has 0 saturated carbocycles. The van der Waals surface area contributed by atoms with Crippen LogP contribution in [0.4, 0.5) is 5.69 Å². The number of carbonyl (C=O) groups excluding carboxylic acids is 1. The molecule has 2 heterocycles. The van der Waals surface area contributed by atoms with E-state index in [1.54, 1.807) is 25.3 Å². The van der Waals surface area contributed by atoms with Crippen LogP contribution in [0.15, 0.2) is 48.7 Å². The molecule has 1 fully saturated rings. The second-order valence-corrected chi connectivity index (χ2v) is 7.65. The summed E-state index contributed by atoms with van der Waals surface area (Å²) >= 11 is 6.48. The number of benzene rings is 2. The fourth-order valence-corrected chi connectivity index (χ4v) is 4.00. The second kappa shape index (κ2) is 8.90. The minimum Gasteiger partial charge on any atom is -0.505 e. The SMILES string of the molecule is CCC(=O)NC(c1ccc(N2CCOCC2)cc1)c1cc(Cl)c2cccnc2c1O. The number of phenols is 1. The van der Waals surface area contributed by atoms with Crippen LogP contribution in [-0.2, 0) is 9.53 Å². The lowest BCUT2D eigenvalue weighted by atomic mass is 9.95. The lowest BCUT2D eigenvalue weighted by molar-refractivity contribution is -0.121. The number of morpholine rings is 1. The molecule has 30 heavy (non-hydrogen) atoms. The largest absolute Gasteiger partial charge is 0.505 e. The van der Waals surface area contributed by atoms with E-state index in [0.717, 1.165) is 24.3 Å². The Hall–Kier alpha value is -2.83. The van der Waals surface area contributed by atoms with Gasteiger partial charge in [0.2, 0.25) is 5.91 Å². The number of anilines is 1. The predicted molar refractivity (Wildman–Crippen MR) is 118 cm³/mol. The normalized spacial score (nSPS) is 15.2. The highest BCUT2D eigenvalue weighted by Gasteiger charge is 2.23. The van der Waals surface area contributed by atoms with Gasteiger partial charge in [0.05, 0.1) is 24.3 Å². The minimum atomic E-state index is -0.542. The van der Waals surface area contributed by atoms with Crippen LogP contribution in [0.25, 0.3) is 10.9 Å². The molecule has 6 nitrogen and oxygen atoms in total. The molecule has 7 heteroatoms. The van der Waals surface area contributed by atoms with Gasteiger partial charge in [-0.2, -0.15) is 0 Å². The topological polar surface area (TPSA) is 74.7 Å². The maximum atomic E-state index is 12.3. The van der Waals surface area contributed by atoms with Crippen molar-refractivity contribution in [2.24, 2.45) is 0 Å². The number of amides is 1. The first-order chi connectivity index (χ1) is 14.6. The number of halogens is 1. The fraction of sp³-hybridized carbons (Fsp3) is 0.304. The predicted octanol–water partition coefficient (Wildman–Crippen LogP) is 4.05. The fourth-order valence-electron chi connectivity index (χ4n) is 3.73. The molecule has 0 aliphatic carbocycles. The van der Waals surface area contributed by atoms with Crippen molar-refractivity contribution >= 4 is 34.1 Å². The number of hydrogen-bond donors (Lipinski definition) is 2. The molecule has 1 saturated heterocycles. The number of phenolic OH excluding ortho intramolecular Hbond substituents is 1. The van der Waals surface area contributed by atoms with Crippen molar-refractivity contribution < 1.29 is 14.6 Å². The molecule has 1 aliphatic heterocycles. The highest BCUT2D eigenvalue weighted by Crippen LogP contribution is 2.38. The number of ether oxygens (including phenoxy) is 1. The molecular formula is C23H24ClN3O3. The summed E-state index contributed by atoms with van der Waals surface area (Å²) in [7, 11) is 0. The number of nitrogens with zero attached hydrogens (tertiary/aromatic N) is 2. The van der Waals surface area contributed by atoms with Gasteiger partial charge in [-0.15, -0.1) is 0 Å². The summed E-state index contributed by atoms with van der Waals surface area (Å²) in [6.45, 7) is 4.92. The summed E-state index contributed by atoms with van der Waals surface area (Å²) in [5.74, 6) is -0.0949. The van der Waals surface area contributed by atoms with Crippen LogP contribution in [-0.4, -0.2) is 42.3 Å². The minimum absolute atomic E-state index is 0.0219. The van der Waals surface area contributed by atoms with Crippen molar-refractivity contribution in [1.29, 1.82) is 0 Å². The van der Waals surface area contributed by atoms with E-state index in [4.69, 9.17) is 16.3 Å². The third-order valence-electron chi connectivity index (χ3n) is 5.39. The maximum absolute atomic E-state index is 12.3. The molecule has 4 rings (SSSR count). The van der Waals surface area contributed by atoms with Gasteiger partial charge in [0, 0.05) is 42.3 Å². The van der Waals surface area contributed by atoms with E-state index in [1.165, 1.54) is 0 Å². The first kappa shape index (κ1) is 20.4. The van der Waals surface area contributed by atoms with Gasteiger partial charge in [-0.05, 0) is 35.9 Å². The van der Waals surface area contributed by atoms with Crippen molar-refractivity contribution in [3.8, 4) is 5.75 Å². The number of aromatic hydroxyl groups is 1. The number of carbonyl (C=O) groups is 1.